The van der Waals surface area contributed by atoms with Crippen LogP contribution in [0.25, 0.3) is 0 Å². The molecule has 0 saturated carbocycles. The zero-order chi connectivity index (χ0) is 15.8. The average molecular weight is 287 g/mol. The summed E-state index contributed by atoms with van der Waals surface area (Å²) in [5, 5.41) is 2.66. The molecule has 1 amide bonds. The minimum Gasteiger partial charge on any atom is -0.463 e. The van der Waals surface area contributed by atoms with Gasteiger partial charge in [-0.3, -0.25) is 9.59 Å². The van der Waals surface area contributed by atoms with Crippen LogP contribution in [0.5, 0.6) is 0 Å². The van der Waals surface area contributed by atoms with Crippen LogP contribution in [0.3, 0.4) is 0 Å². The number of esters is 1. The number of ether oxygens (including phenoxy) is 2. The van der Waals surface area contributed by atoms with Gasteiger partial charge in [-0.05, 0) is 32.6 Å². The van der Waals surface area contributed by atoms with Gasteiger partial charge in [0.2, 0.25) is 5.91 Å². The van der Waals surface area contributed by atoms with Gasteiger partial charge in [-0.15, -0.1) is 0 Å². The molecule has 1 N–H and O–H groups in total. The molecule has 118 valence electrons. The topological polar surface area (TPSA) is 64.6 Å². The summed E-state index contributed by atoms with van der Waals surface area (Å²) in [5.41, 5.74) is -0.446. The molecule has 0 aliphatic heterocycles. The molecule has 0 aromatic carbocycles. The molecule has 0 fully saturated rings. The van der Waals surface area contributed by atoms with Crippen molar-refractivity contribution in [1.82, 2.24) is 5.32 Å². The van der Waals surface area contributed by atoms with E-state index in [0.29, 0.717) is 12.5 Å². The molecule has 5 nitrogen and oxygen atoms in total. The van der Waals surface area contributed by atoms with Crippen LogP contribution in [0, 0.1) is 11.3 Å². The average Bonchev–Trinajstić information content (AvgIpc) is 2.40. The third kappa shape index (κ3) is 6.37. The molecule has 0 aliphatic rings. The molecule has 0 aromatic heterocycles. The van der Waals surface area contributed by atoms with Gasteiger partial charge in [-0.1, -0.05) is 20.8 Å². The Hall–Kier alpha value is -1.10. The fraction of sp³-hybridized carbons (Fsp3) is 0.867. The van der Waals surface area contributed by atoms with Crippen molar-refractivity contribution in [1.29, 1.82) is 0 Å². The summed E-state index contributed by atoms with van der Waals surface area (Å²) in [6.45, 7) is 10.3. The lowest BCUT2D eigenvalue weighted by Gasteiger charge is -2.27. The van der Waals surface area contributed by atoms with Crippen molar-refractivity contribution in [3.63, 3.8) is 0 Å². The summed E-state index contributed by atoms with van der Waals surface area (Å²) in [6, 6.07) is 0. The molecule has 0 radical (unpaired) electrons. The van der Waals surface area contributed by atoms with Gasteiger partial charge in [0, 0.05) is 7.11 Å². The third-order valence-corrected chi connectivity index (χ3v) is 3.49. The van der Waals surface area contributed by atoms with Crippen LogP contribution in [-0.2, 0) is 19.1 Å². The van der Waals surface area contributed by atoms with Crippen molar-refractivity contribution >= 4 is 11.9 Å². The Labute approximate surface area is 122 Å². The van der Waals surface area contributed by atoms with Crippen LogP contribution < -0.4 is 5.32 Å². The van der Waals surface area contributed by atoms with Crippen LogP contribution in [0.15, 0.2) is 0 Å². The number of amides is 1. The van der Waals surface area contributed by atoms with E-state index in [1.165, 1.54) is 7.11 Å². The smallest absolute Gasteiger partial charge is 0.311 e. The minimum absolute atomic E-state index is 0.189. The summed E-state index contributed by atoms with van der Waals surface area (Å²) < 4.78 is 10.2. The van der Waals surface area contributed by atoms with Crippen molar-refractivity contribution in [3.05, 3.63) is 0 Å². The van der Waals surface area contributed by atoms with Crippen LogP contribution in [-0.4, -0.2) is 38.2 Å². The Morgan fingerprint density at radius 2 is 1.85 bits per heavy atom. The van der Waals surface area contributed by atoms with E-state index in [1.807, 2.05) is 13.8 Å². The van der Waals surface area contributed by atoms with Crippen LogP contribution >= 0.6 is 0 Å². The van der Waals surface area contributed by atoms with E-state index in [-0.39, 0.29) is 18.5 Å². The summed E-state index contributed by atoms with van der Waals surface area (Å²) in [6.07, 6.45) is 1.06. The fourth-order valence-corrected chi connectivity index (χ4v) is 2.02. The van der Waals surface area contributed by atoms with Gasteiger partial charge in [0.25, 0.3) is 0 Å². The largest absolute Gasteiger partial charge is 0.463 e. The number of rotatable bonds is 9. The zero-order valence-electron chi connectivity index (χ0n) is 13.6. The van der Waals surface area contributed by atoms with E-state index in [1.54, 1.807) is 6.92 Å². The van der Waals surface area contributed by atoms with Crippen LogP contribution in [0.4, 0.5) is 0 Å². The Morgan fingerprint density at radius 3 is 2.30 bits per heavy atom. The number of hydrogen-bond donors (Lipinski definition) is 1. The Kier molecular flexibility index (Phi) is 8.46. The van der Waals surface area contributed by atoms with Gasteiger partial charge >= 0.3 is 5.97 Å². The molecule has 0 rings (SSSR count). The van der Waals surface area contributed by atoms with Crippen molar-refractivity contribution in [2.24, 2.45) is 11.3 Å². The van der Waals surface area contributed by atoms with Gasteiger partial charge in [-0.2, -0.15) is 0 Å². The molecule has 0 heterocycles. The second-order valence-corrected chi connectivity index (χ2v) is 5.82. The molecule has 0 saturated heterocycles. The van der Waals surface area contributed by atoms with E-state index in [0.717, 1.165) is 12.8 Å². The molecule has 2 atom stereocenters. The third-order valence-electron chi connectivity index (χ3n) is 3.49. The quantitative estimate of drug-likeness (QED) is 0.521. The van der Waals surface area contributed by atoms with E-state index in [9.17, 15) is 9.59 Å². The van der Waals surface area contributed by atoms with Crippen LogP contribution in [0.2, 0.25) is 0 Å². The molecule has 2 unspecified atom stereocenters. The predicted octanol–water partition coefficient (Wildman–Crippen LogP) is 2.14. The first-order chi connectivity index (χ1) is 9.26. The lowest BCUT2D eigenvalue weighted by atomic mass is 9.80. The first-order valence-corrected chi connectivity index (χ1v) is 7.24. The highest BCUT2D eigenvalue weighted by molar-refractivity contribution is 5.80. The molecular weight excluding hydrogens is 258 g/mol. The highest BCUT2D eigenvalue weighted by atomic mass is 16.5. The SMILES string of the molecule is CCC(C)(CC(C)C)C(=O)OCCNC(=O)C(C)OC. The normalized spacial score (nSPS) is 15.6. The van der Waals surface area contributed by atoms with Gasteiger partial charge in [0.1, 0.15) is 12.7 Å². The summed E-state index contributed by atoms with van der Waals surface area (Å²) in [4.78, 5) is 23.5. The lowest BCUT2D eigenvalue weighted by molar-refractivity contribution is -0.156. The summed E-state index contributed by atoms with van der Waals surface area (Å²) in [7, 11) is 1.48. The van der Waals surface area contributed by atoms with E-state index in [2.05, 4.69) is 19.2 Å². The number of hydrogen-bond acceptors (Lipinski definition) is 4. The standard InChI is InChI=1S/C15H29NO4/c1-7-15(5,10-11(2)3)14(18)20-9-8-16-13(17)12(4)19-6/h11-12H,7-10H2,1-6H3,(H,16,17). The van der Waals surface area contributed by atoms with E-state index >= 15 is 0 Å². The first-order valence-electron chi connectivity index (χ1n) is 7.24. The van der Waals surface area contributed by atoms with Crippen molar-refractivity contribution < 1.29 is 19.1 Å². The Morgan fingerprint density at radius 1 is 1.25 bits per heavy atom. The molecule has 0 bridgehead atoms. The van der Waals surface area contributed by atoms with Gasteiger partial charge in [0.05, 0.1) is 12.0 Å². The monoisotopic (exact) mass is 287 g/mol. The number of nitrogens with one attached hydrogen (secondary N) is 1. The first kappa shape index (κ1) is 18.9. The lowest BCUT2D eigenvalue weighted by Crippen LogP contribution is -2.37. The van der Waals surface area contributed by atoms with E-state index < -0.39 is 11.5 Å². The molecule has 0 spiro atoms. The van der Waals surface area contributed by atoms with E-state index in [4.69, 9.17) is 9.47 Å². The maximum absolute atomic E-state index is 12.1. The Bertz CT molecular complexity index is 317. The number of methoxy groups -OCH3 is 1. The van der Waals surface area contributed by atoms with Crippen molar-refractivity contribution in [2.45, 2.75) is 53.6 Å². The van der Waals surface area contributed by atoms with Gasteiger partial charge in [0.15, 0.2) is 0 Å². The molecule has 5 heteroatoms. The number of carbonyl (C=O) groups excluding carboxylic acids is 2. The summed E-state index contributed by atoms with van der Waals surface area (Å²) in [5.74, 6) is 0.0430. The van der Waals surface area contributed by atoms with Gasteiger partial charge < -0.3 is 14.8 Å². The maximum Gasteiger partial charge on any atom is 0.311 e. The van der Waals surface area contributed by atoms with Crippen LogP contribution in [0.1, 0.15) is 47.5 Å². The maximum atomic E-state index is 12.1. The second kappa shape index (κ2) is 8.95. The van der Waals surface area contributed by atoms with Gasteiger partial charge in [-0.25, -0.2) is 0 Å². The highest BCUT2D eigenvalue weighted by Crippen LogP contribution is 2.31. The molecule has 20 heavy (non-hydrogen) atoms. The zero-order valence-corrected chi connectivity index (χ0v) is 13.6. The molecular formula is C15H29NO4. The second-order valence-electron chi connectivity index (χ2n) is 5.82. The summed E-state index contributed by atoms with van der Waals surface area (Å²) >= 11 is 0. The predicted molar refractivity (Wildman–Crippen MR) is 78.3 cm³/mol. The highest BCUT2D eigenvalue weighted by Gasteiger charge is 2.33. The number of carbonyl (C=O) groups is 2. The minimum atomic E-state index is -0.493. The molecule has 0 aromatic rings. The fourth-order valence-electron chi connectivity index (χ4n) is 2.02. The molecule has 0 aliphatic carbocycles. The Balaban J connectivity index is 4.12. The van der Waals surface area contributed by atoms with Crippen molar-refractivity contribution in [2.75, 3.05) is 20.3 Å². The van der Waals surface area contributed by atoms with Crippen molar-refractivity contribution in [3.8, 4) is 0 Å².